The summed E-state index contributed by atoms with van der Waals surface area (Å²) in [6.45, 7) is 6.41. The van der Waals surface area contributed by atoms with E-state index in [1.54, 1.807) is 0 Å². The summed E-state index contributed by atoms with van der Waals surface area (Å²) in [7, 11) is 0. The Bertz CT molecular complexity index is 478. The summed E-state index contributed by atoms with van der Waals surface area (Å²) >= 11 is 0. The van der Waals surface area contributed by atoms with Crippen LogP contribution < -0.4 is 16.0 Å². The van der Waals surface area contributed by atoms with Crippen LogP contribution >= 0.6 is 0 Å². The molecule has 3 heteroatoms. The summed E-state index contributed by atoms with van der Waals surface area (Å²) in [4.78, 5) is 0. The molecule has 0 aliphatic heterocycles. The number of unbranched alkanes of at least 4 members (excludes halogenated alkanes) is 2. The van der Waals surface area contributed by atoms with Crippen molar-refractivity contribution < 1.29 is 0 Å². The monoisotopic (exact) mass is 339 g/mol. The second-order valence-electron chi connectivity index (χ2n) is 6.49. The van der Waals surface area contributed by atoms with Crippen LogP contribution in [0.1, 0.15) is 36.8 Å². The first-order valence-corrected chi connectivity index (χ1v) is 9.65. The highest BCUT2D eigenvalue weighted by Gasteiger charge is 1.94. The lowest BCUT2D eigenvalue weighted by atomic mass is 10.2. The van der Waals surface area contributed by atoms with Gasteiger partial charge in [-0.2, -0.15) is 0 Å². The Morgan fingerprint density at radius 1 is 0.440 bits per heavy atom. The quantitative estimate of drug-likeness (QED) is 0.459. The third-order valence-corrected chi connectivity index (χ3v) is 4.26. The second kappa shape index (κ2) is 13.6. The van der Waals surface area contributed by atoms with Crippen molar-refractivity contribution in [3.8, 4) is 0 Å². The van der Waals surface area contributed by atoms with E-state index in [1.807, 2.05) is 0 Å². The summed E-state index contributed by atoms with van der Waals surface area (Å²) in [5, 5.41) is 10.6. The molecule has 2 aromatic rings. The zero-order valence-electron chi connectivity index (χ0n) is 15.3. The normalized spacial score (nSPS) is 10.9. The molecule has 25 heavy (non-hydrogen) atoms. The number of hydrogen-bond acceptors (Lipinski definition) is 3. The lowest BCUT2D eigenvalue weighted by Gasteiger charge is -2.07. The largest absolute Gasteiger partial charge is 0.317 e. The van der Waals surface area contributed by atoms with Crippen LogP contribution in [0.15, 0.2) is 60.7 Å². The molecule has 136 valence electrons. The minimum absolute atomic E-state index is 0.976. The molecule has 0 radical (unpaired) electrons. The minimum atomic E-state index is 0.976. The summed E-state index contributed by atoms with van der Waals surface area (Å²) < 4.78 is 0. The molecule has 0 amide bonds. The van der Waals surface area contributed by atoms with Crippen LogP contribution in [0.3, 0.4) is 0 Å². The maximum atomic E-state index is 3.55. The Labute approximate surface area is 153 Å². The van der Waals surface area contributed by atoms with Crippen LogP contribution in [0.2, 0.25) is 0 Å². The summed E-state index contributed by atoms with van der Waals surface area (Å²) in [6.07, 6.45) is 4.96. The van der Waals surface area contributed by atoms with E-state index in [4.69, 9.17) is 0 Å². The van der Waals surface area contributed by atoms with Gasteiger partial charge >= 0.3 is 0 Å². The molecule has 3 N–H and O–H groups in total. The lowest BCUT2D eigenvalue weighted by Crippen LogP contribution is -2.21. The molecule has 0 saturated heterocycles. The van der Waals surface area contributed by atoms with Crippen molar-refractivity contribution >= 4 is 0 Å². The fourth-order valence-corrected chi connectivity index (χ4v) is 2.78. The number of hydrogen-bond donors (Lipinski definition) is 3. The van der Waals surface area contributed by atoms with Crippen molar-refractivity contribution in [2.24, 2.45) is 0 Å². The van der Waals surface area contributed by atoms with Crippen LogP contribution in [-0.2, 0) is 13.1 Å². The van der Waals surface area contributed by atoms with E-state index in [1.165, 1.54) is 36.8 Å². The highest BCUT2D eigenvalue weighted by atomic mass is 14.9. The van der Waals surface area contributed by atoms with Crippen molar-refractivity contribution in [3.63, 3.8) is 0 Å². The first kappa shape index (κ1) is 19.6. The maximum Gasteiger partial charge on any atom is 0.0205 e. The number of nitrogens with one attached hydrogen (secondary N) is 3. The average Bonchev–Trinajstić information content (AvgIpc) is 2.67. The second-order valence-corrected chi connectivity index (χ2v) is 6.49. The smallest absolute Gasteiger partial charge is 0.0205 e. The number of rotatable bonds is 14. The van der Waals surface area contributed by atoms with Crippen molar-refractivity contribution in [3.05, 3.63) is 71.8 Å². The molecule has 0 bridgehead atoms. The first-order valence-electron chi connectivity index (χ1n) is 9.65. The molecule has 0 unspecified atom stereocenters. The predicted molar refractivity (Wildman–Crippen MR) is 108 cm³/mol. The standard InChI is InChI=1S/C22H33N3/c1-3-11-21(12-4-1)19-24-17-9-7-15-23-16-8-10-18-25-20-22-13-5-2-6-14-22/h1-6,11-14,23-25H,7-10,15-20H2. The highest BCUT2D eigenvalue weighted by molar-refractivity contribution is 5.14. The van der Waals surface area contributed by atoms with E-state index < -0.39 is 0 Å². The molecule has 0 saturated carbocycles. The van der Waals surface area contributed by atoms with Crippen molar-refractivity contribution in [2.45, 2.75) is 38.8 Å². The van der Waals surface area contributed by atoms with Crippen LogP contribution in [0.4, 0.5) is 0 Å². The average molecular weight is 340 g/mol. The van der Waals surface area contributed by atoms with Gasteiger partial charge in [-0.3, -0.25) is 0 Å². The van der Waals surface area contributed by atoms with E-state index in [2.05, 4.69) is 76.6 Å². The van der Waals surface area contributed by atoms with Crippen molar-refractivity contribution in [1.82, 2.24) is 16.0 Å². The molecule has 0 aliphatic rings. The molecule has 0 heterocycles. The SMILES string of the molecule is c1ccc(CNCCCCNCCCCNCc2ccccc2)cc1. The van der Waals surface area contributed by atoms with Gasteiger partial charge in [-0.05, 0) is 63.0 Å². The van der Waals surface area contributed by atoms with Gasteiger partial charge in [0.1, 0.15) is 0 Å². The van der Waals surface area contributed by atoms with Gasteiger partial charge in [-0.15, -0.1) is 0 Å². The summed E-state index contributed by atoms with van der Waals surface area (Å²) in [5.74, 6) is 0. The van der Waals surface area contributed by atoms with E-state index in [0.29, 0.717) is 0 Å². The molecule has 0 fully saturated rings. The zero-order chi connectivity index (χ0) is 17.4. The van der Waals surface area contributed by atoms with Gasteiger partial charge in [0.05, 0.1) is 0 Å². The van der Waals surface area contributed by atoms with Crippen LogP contribution in [0.5, 0.6) is 0 Å². The van der Waals surface area contributed by atoms with Gasteiger partial charge in [0.2, 0.25) is 0 Å². The fraction of sp³-hybridized carbons (Fsp3) is 0.455. The van der Waals surface area contributed by atoms with Crippen molar-refractivity contribution in [2.75, 3.05) is 26.2 Å². The van der Waals surface area contributed by atoms with E-state index >= 15 is 0 Å². The Balaban J connectivity index is 1.30. The van der Waals surface area contributed by atoms with E-state index in [-0.39, 0.29) is 0 Å². The summed E-state index contributed by atoms with van der Waals surface area (Å²) in [5.41, 5.74) is 2.72. The Morgan fingerprint density at radius 2 is 0.800 bits per heavy atom. The molecular formula is C22H33N3. The molecule has 0 atom stereocenters. The molecule has 2 rings (SSSR count). The Morgan fingerprint density at radius 3 is 1.20 bits per heavy atom. The van der Waals surface area contributed by atoms with Gasteiger partial charge in [0.25, 0.3) is 0 Å². The van der Waals surface area contributed by atoms with E-state index in [0.717, 1.165) is 39.3 Å². The molecule has 0 aromatic heterocycles. The topological polar surface area (TPSA) is 36.1 Å². The zero-order valence-corrected chi connectivity index (χ0v) is 15.3. The maximum absolute atomic E-state index is 3.55. The molecule has 0 spiro atoms. The van der Waals surface area contributed by atoms with Crippen LogP contribution in [-0.4, -0.2) is 26.2 Å². The van der Waals surface area contributed by atoms with Gasteiger partial charge < -0.3 is 16.0 Å². The Kier molecular flexibility index (Phi) is 10.7. The molecule has 2 aromatic carbocycles. The third kappa shape index (κ3) is 10.0. The van der Waals surface area contributed by atoms with Gasteiger partial charge in [-0.1, -0.05) is 60.7 Å². The number of benzene rings is 2. The van der Waals surface area contributed by atoms with E-state index in [9.17, 15) is 0 Å². The molecular weight excluding hydrogens is 306 g/mol. The van der Waals surface area contributed by atoms with Crippen LogP contribution in [0.25, 0.3) is 0 Å². The molecule has 0 aliphatic carbocycles. The Hall–Kier alpha value is -1.68. The first-order chi connectivity index (χ1) is 12.4. The fourth-order valence-electron chi connectivity index (χ4n) is 2.78. The van der Waals surface area contributed by atoms with Gasteiger partial charge in [0.15, 0.2) is 0 Å². The van der Waals surface area contributed by atoms with Gasteiger partial charge in [-0.25, -0.2) is 0 Å². The molecule has 3 nitrogen and oxygen atoms in total. The highest BCUT2D eigenvalue weighted by Crippen LogP contribution is 1.98. The predicted octanol–water partition coefficient (Wildman–Crippen LogP) is 3.72. The summed E-state index contributed by atoms with van der Waals surface area (Å²) in [6, 6.07) is 21.2. The lowest BCUT2D eigenvalue weighted by molar-refractivity contribution is 0.553. The van der Waals surface area contributed by atoms with Gasteiger partial charge in [0, 0.05) is 13.1 Å². The van der Waals surface area contributed by atoms with Crippen LogP contribution in [0, 0.1) is 0 Å². The minimum Gasteiger partial charge on any atom is -0.317 e. The van der Waals surface area contributed by atoms with Crippen molar-refractivity contribution in [1.29, 1.82) is 0 Å². The third-order valence-electron chi connectivity index (χ3n) is 4.26.